The number of hydrogen-bond acceptors (Lipinski definition) is 4. The minimum atomic E-state index is -0.585. The van der Waals surface area contributed by atoms with E-state index in [4.69, 9.17) is 15.0 Å². The Bertz CT molecular complexity index is 1290. The monoisotopic (exact) mass is 419 g/mol. The molecule has 0 aliphatic carbocycles. The normalized spacial score (nSPS) is 10.3. The van der Waals surface area contributed by atoms with E-state index in [2.05, 4.69) is 11.4 Å². The van der Waals surface area contributed by atoms with Crippen LogP contribution in [0.15, 0.2) is 84.9 Å². The van der Waals surface area contributed by atoms with E-state index in [0.717, 1.165) is 27.9 Å². The van der Waals surface area contributed by atoms with E-state index in [1.165, 1.54) is 0 Å². The summed E-state index contributed by atoms with van der Waals surface area (Å²) in [6, 6.07) is 28.2. The van der Waals surface area contributed by atoms with Gasteiger partial charge in [-0.1, -0.05) is 60.2 Å². The first kappa shape index (κ1) is 20.8. The van der Waals surface area contributed by atoms with Gasteiger partial charge in [0.25, 0.3) is 0 Å². The molecule has 0 atom stereocenters. The van der Waals surface area contributed by atoms with E-state index < -0.39 is 6.09 Å². The lowest BCUT2D eigenvalue weighted by atomic mass is 10.0. The Kier molecular flexibility index (Phi) is 5.96. The van der Waals surface area contributed by atoms with Gasteiger partial charge in [-0.2, -0.15) is 5.26 Å². The number of rotatable bonds is 4. The maximum absolute atomic E-state index is 12.6. The van der Waals surface area contributed by atoms with Gasteiger partial charge in [0.05, 0.1) is 28.7 Å². The molecule has 4 aromatic rings. The number of hydrogen-bond donors (Lipinski definition) is 1. The van der Waals surface area contributed by atoms with Gasteiger partial charge in [0.1, 0.15) is 5.75 Å². The van der Waals surface area contributed by atoms with Crippen molar-refractivity contribution in [2.45, 2.75) is 13.8 Å². The summed E-state index contributed by atoms with van der Waals surface area (Å²) in [6.07, 6.45) is -0.585. The molecule has 0 aliphatic heterocycles. The summed E-state index contributed by atoms with van der Waals surface area (Å²) in [5.74, 6) is 0.466. The van der Waals surface area contributed by atoms with Crippen molar-refractivity contribution in [1.82, 2.24) is 4.98 Å². The number of nitrogens with zero attached hydrogens (tertiary/aromatic N) is 2. The van der Waals surface area contributed by atoms with Crippen LogP contribution in [0, 0.1) is 25.2 Å². The standard InChI is InChI=1S/C27H21N3O2/c1-18-8-14-23(15-9-18)32-27(31)29-24-16-19(2)25(22-12-10-20(17-28)11-13-22)30-26(24)21-6-4-3-5-7-21/h3-16H,1-2H3,(H,29,31). The Morgan fingerprint density at radius 1 is 0.875 bits per heavy atom. The molecule has 4 rings (SSSR count). The SMILES string of the molecule is Cc1ccc(OC(=O)Nc2cc(C)c(-c3ccc(C#N)cc3)nc2-c2ccccc2)cc1. The molecule has 32 heavy (non-hydrogen) atoms. The van der Waals surface area contributed by atoms with E-state index in [0.29, 0.717) is 22.7 Å². The summed E-state index contributed by atoms with van der Waals surface area (Å²) in [6.45, 7) is 3.91. The highest BCUT2D eigenvalue weighted by atomic mass is 16.6. The van der Waals surface area contributed by atoms with Crippen molar-refractivity contribution in [2.75, 3.05) is 5.32 Å². The summed E-state index contributed by atoms with van der Waals surface area (Å²) in [7, 11) is 0. The van der Waals surface area contributed by atoms with Crippen molar-refractivity contribution >= 4 is 11.8 Å². The van der Waals surface area contributed by atoms with Crippen LogP contribution in [0.4, 0.5) is 10.5 Å². The molecule has 1 N–H and O–H groups in total. The quantitative estimate of drug-likeness (QED) is 0.409. The number of aryl methyl sites for hydroxylation is 2. The molecular weight excluding hydrogens is 398 g/mol. The largest absolute Gasteiger partial charge is 0.417 e. The summed E-state index contributed by atoms with van der Waals surface area (Å²) in [5.41, 5.74) is 6.31. The zero-order valence-electron chi connectivity index (χ0n) is 17.8. The molecule has 0 unspecified atom stereocenters. The third-order valence-electron chi connectivity index (χ3n) is 5.02. The average Bonchev–Trinajstić information content (AvgIpc) is 2.81. The van der Waals surface area contributed by atoms with Gasteiger partial charge < -0.3 is 4.74 Å². The Morgan fingerprint density at radius 3 is 2.19 bits per heavy atom. The molecule has 1 heterocycles. The molecule has 0 fully saturated rings. The summed E-state index contributed by atoms with van der Waals surface area (Å²) >= 11 is 0. The number of aromatic nitrogens is 1. The number of nitrogens with one attached hydrogen (secondary N) is 1. The van der Waals surface area contributed by atoms with Crippen LogP contribution in [0.25, 0.3) is 22.5 Å². The fourth-order valence-electron chi connectivity index (χ4n) is 3.37. The second-order valence-electron chi connectivity index (χ2n) is 7.43. The third kappa shape index (κ3) is 4.66. The molecule has 5 heteroatoms. The van der Waals surface area contributed by atoms with Crippen LogP contribution in [0.2, 0.25) is 0 Å². The molecule has 5 nitrogen and oxygen atoms in total. The fraction of sp³-hybridized carbons (Fsp3) is 0.0741. The van der Waals surface area contributed by atoms with Gasteiger partial charge in [-0.25, -0.2) is 9.78 Å². The van der Waals surface area contributed by atoms with Crippen LogP contribution < -0.4 is 10.1 Å². The first-order valence-electron chi connectivity index (χ1n) is 10.2. The van der Waals surface area contributed by atoms with E-state index in [1.54, 1.807) is 24.3 Å². The highest BCUT2D eigenvalue weighted by Gasteiger charge is 2.16. The first-order chi connectivity index (χ1) is 15.5. The van der Waals surface area contributed by atoms with E-state index in [1.807, 2.05) is 74.5 Å². The zero-order chi connectivity index (χ0) is 22.5. The fourth-order valence-corrected chi connectivity index (χ4v) is 3.37. The van der Waals surface area contributed by atoms with Crippen LogP contribution in [-0.4, -0.2) is 11.1 Å². The molecule has 0 spiro atoms. The highest BCUT2D eigenvalue weighted by molar-refractivity contribution is 5.92. The molecule has 3 aromatic carbocycles. The Hall–Kier alpha value is -4.43. The van der Waals surface area contributed by atoms with Crippen molar-refractivity contribution in [1.29, 1.82) is 5.26 Å². The Labute approximate surface area is 186 Å². The van der Waals surface area contributed by atoms with Crippen molar-refractivity contribution in [3.8, 4) is 34.3 Å². The number of ether oxygens (including phenoxy) is 1. The van der Waals surface area contributed by atoms with Crippen molar-refractivity contribution in [2.24, 2.45) is 0 Å². The number of amides is 1. The number of carbonyl (C=O) groups excluding carboxylic acids is 1. The minimum absolute atomic E-state index is 0.466. The second kappa shape index (κ2) is 9.15. The van der Waals surface area contributed by atoms with E-state index in [9.17, 15) is 4.79 Å². The topological polar surface area (TPSA) is 75.0 Å². The lowest BCUT2D eigenvalue weighted by Gasteiger charge is -2.15. The molecule has 156 valence electrons. The van der Waals surface area contributed by atoms with Crippen molar-refractivity contribution in [3.63, 3.8) is 0 Å². The van der Waals surface area contributed by atoms with Crippen LogP contribution >= 0.6 is 0 Å². The highest BCUT2D eigenvalue weighted by Crippen LogP contribution is 2.32. The summed E-state index contributed by atoms with van der Waals surface area (Å²) < 4.78 is 5.44. The predicted octanol–water partition coefficient (Wildman–Crippen LogP) is 6.52. The number of pyridine rings is 1. The predicted molar refractivity (Wildman–Crippen MR) is 125 cm³/mol. The lowest BCUT2D eigenvalue weighted by molar-refractivity contribution is 0.215. The molecule has 0 bridgehead atoms. The van der Waals surface area contributed by atoms with Crippen LogP contribution in [0.1, 0.15) is 16.7 Å². The van der Waals surface area contributed by atoms with E-state index >= 15 is 0 Å². The van der Waals surface area contributed by atoms with Gasteiger partial charge >= 0.3 is 6.09 Å². The molecule has 1 amide bonds. The number of benzene rings is 3. The second-order valence-corrected chi connectivity index (χ2v) is 7.43. The molecule has 0 aliphatic rings. The van der Waals surface area contributed by atoms with Crippen LogP contribution in [0.3, 0.4) is 0 Å². The van der Waals surface area contributed by atoms with Crippen LogP contribution in [-0.2, 0) is 0 Å². The van der Waals surface area contributed by atoms with Gasteiger partial charge in [0.2, 0.25) is 0 Å². The number of carbonyl (C=O) groups is 1. The maximum atomic E-state index is 12.6. The molecule has 0 saturated heterocycles. The minimum Gasteiger partial charge on any atom is -0.410 e. The Morgan fingerprint density at radius 2 is 1.53 bits per heavy atom. The summed E-state index contributed by atoms with van der Waals surface area (Å²) in [4.78, 5) is 17.5. The van der Waals surface area contributed by atoms with Crippen LogP contribution in [0.5, 0.6) is 5.75 Å². The van der Waals surface area contributed by atoms with Gasteiger partial charge in [-0.3, -0.25) is 5.32 Å². The van der Waals surface area contributed by atoms with Crippen molar-refractivity contribution in [3.05, 3.63) is 102 Å². The first-order valence-corrected chi connectivity index (χ1v) is 10.2. The molecule has 1 aromatic heterocycles. The maximum Gasteiger partial charge on any atom is 0.417 e. The summed E-state index contributed by atoms with van der Waals surface area (Å²) in [5, 5.41) is 11.9. The Balaban J connectivity index is 1.71. The van der Waals surface area contributed by atoms with Gasteiger partial charge in [0, 0.05) is 11.1 Å². The van der Waals surface area contributed by atoms with Crippen molar-refractivity contribution < 1.29 is 9.53 Å². The molecular formula is C27H21N3O2. The van der Waals surface area contributed by atoms with Gasteiger partial charge in [0.15, 0.2) is 0 Å². The smallest absolute Gasteiger partial charge is 0.410 e. The van der Waals surface area contributed by atoms with E-state index in [-0.39, 0.29) is 0 Å². The number of nitriles is 1. The molecule has 0 radical (unpaired) electrons. The number of anilines is 1. The van der Waals surface area contributed by atoms with Gasteiger partial charge in [-0.15, -0.1) is 0 Å². The molecule has 0 saturated carbocycles. The van der Waals surface area contributed by atoms with Gasteiger partial charge in [-0.05, 0) is 49.7 Å². The zero-order valence-corrected chi connectivity index (χ0v) is 17.8. The third-order valence-corrected chi connectivity index (χ3v) is 5.02. The lowest BCUT2D eigenvalue weighted by Crippen LogP contribution is -2.18. The average molecular weight is 419 g/mol.